The van der Waals surface area contributed by atoms with Crippen molar-refractivity contribution in [3.05, 3.63) is 36.4 Å². The molecule has 2 aromatic rings. The monoisotopic (exact) mass is 498 g/mol. The van der Waals surface area contributed by atoms with Crippen LogP contribution in [0.1, 0.15) is 0 Å². The SMILES string of the molecule is Oc1ccc(OCC(O)CN2CCN([CH]=[W])CC2)c2ccccc12. The first-order chi connectivity index (χ1) is 11.7. The van der Waals surface area contributed by atoms with E-state index in [-0.39, 0.29) is 12.4 Å². The minimum Gasteiger partial charge on any atom is -0.0615 e. The number of hydrogen-bond donors (Lipinski definition) is 2. The number of hydrogen-bond acceptors (Lipinski definition) is 5. The third-order valence-electron chi connectivity index (χ3n) is 4.32. The number of β-amino-alcohol motifs (C(OH)–C–C–N with tert-alkyl or cyclic N) is 1. The van der Waals surface area contributed by atoms with E-state index in [1.54, 1.807) is 12.1 Å². The standard InChI is InChI=1S/C18H22N2O3.W/c1-19-8-10-20(11-9-19)12-14(21)13-23-18-7-6-17(22)15-4-2-3-5-16(15)18;/h1-7,14,21-22H,8-13H2;. The Bertz CT molecular complexity index is 702. The van der Waals surface area contributed by atoms with Gasteiger partial charge in [0.1, 0.15) is 5.75 Å². The fourth-order valence-corrected chi connectivity index (χ4v) is 3.73. The van der Waals surface area contributed by atoms with Gasteiger partial charge in [0.25, 0.3) is 0 Å². The van der Waals surface area contributed by atoms with E-state index in [1.165, 1.54) is 19.4 Å². The summed E-state index contributed by atoms with van der Waals surface area (Å²) in [5.74, 6) is 0.932. The molecule has 1 heterocycles. The molecule has 0 aromatic heterocycles. The van der Waals surface area contributed by atoms with Crippen molar-refractivity contribution in [3.63, 3.8) is 0 Å². The van der Waals surface area contributed by atoms with Gasteiger partial charge in [-0.05, 0) is 0 Å². The summed E-state index contributed by atoms with van der Waals surface area (Å²) in [7, 11) is 0. The number of nitrogens with zero attached hydrogens (tertiary/aromatic N) is 2. The number of phenols is 1. The number of piperazine rings is 1. The summed E-state index contributed by atoms with van der Waals surface area (Å²) in [5, 5.41) is 21.8. The molecule has 0 saturated carbocycles. The van der Waals surface area contributed by atoms with Gasteiger partial charge in [-0.15, -0.1) is 0 Å². The van der Waals surface area contributed by atoms with Crippen LogP contribution >= 0.6 is 0 Å². The van der Waals surface area contributed by atoms with E-state index in [2.05, 4.69) is 14.3 Å². The minimum absolute atomic E-state index is 0.242. The van der Waals surface area contributed by atoms with Gasteiger partial charge in [-0.1, -0.05) is 18.2 Å². The number of rotatable bonds is 6. The van der Waals surface area contributed by atoms with E-state index in [4.69, 9.17) is 4.74 Å². The normalized spacial score (nSPS) is 17.7. The summed E-state index contributed by atoms with van der Waals surface area (Å²) in [6, 6.07) is 11.0. The van der Waals surface area contributed by atoms with Gasteiger partial charge in [-0.25, -0.2) is 0 Å². The van der Waals surface area contributed by atoms with Crippen molar-refractivity contribution in [2.45, 2.75) is 6.10 Å². The molecule has 1 atom stereocenters. The number of fused-ring (bicyclic) bond motifs is 1. The van der Waals surface area contributed by atoms with Gasteiger partial charge < -0.3 is 5.11 Å². The summed E-state index contributed by atoms with van der Waals surface area (Å²) >= 11 is 1.48. The Morgan fingerprint density at radius 1 is 1.08 bits per heavy atom. The molecule has 0 amide bonds. The molecule has 0 spiro atoms. The first kappa shape index (κ1) is 17.6. The molecule has 2 N–H and O–H groups in total. The second-order valence-electron chi connectivity index (χ2n) is 6.04. The number of ether oxygens (including phenoxy) is 1. The fraction of sp³-hybridized carbons (Fsp3) is 0.389. The Kier molecular flexibility index (Phi) is 6.01. The van der Waals surface area contributed by atoms with E-state index in [1.807, 2.05) is 24.3 Å². The molecule has 1 saturated heterocycles. The molecule has 1 fully saturated rings. The molecule has 2 aromatic carbocycles. The molecule has 128 valence electrons. The van der Waals surface area contributed by atoms with E-state index in [0.29, 0.717) is 12.3 Å². The quantitative estimate of drug-likeness (QED) is 0.628. The Morgan fingerprint density at radius 3 is 2.50 bits per heavy atom. The first-order valence-electron chi connectivity index (χ1n) is 8.10. The molecule has 0 radical (unpaired) electrons. The molecule has 1 aliphatic heterocycles. The van der Waals surface area contributed by atoms with Gasteiger partial charge in [0, 0.05) is 0 Å². The fourth-order valence-electron chi connectivity index (χ4n) is 2.97. The smallest absolute Gasteiger partial charge is 0.0615 e. The summed E-state index contributed by atoms with van der Waals surface area (Å²) in [5.41, 5.74) is 0. The van der Waals surface area contributed by atoms with E-state index in [0.717, 1.165) is 37.0 Å². The van der Waals surface area contributed by atoms with Gasteiger partial charge in [0.05, 0.1) is 0 Å². The molecule has 24 heavy (non-hydrogen) atoms. The molecular formula is C18H22N2O3W. The van der Waals surface area contributed by atoms with Gasteiger partial charge in [-0.2, -0.15) is 0 Å². The van der Waals surface area contributed by atoms with Crippen molar-refractivity contribution < 1.29 is 34.3 Å². The summed E-state index contributed by atoms with van der Waals surface area (Å²) in [6.45, 7) is 4.88. The van der Waals surface area contributed by atoms with Crippen molar-refractivity contribution in [1.82, 2.24) is 9.80 Å². The van der Waals surface area contributed by atoms with E-state index in [9.17, 15) is 10.2 Å². The Balaban J connectivity index is 1.56. The van der Waals surface area contributed by atoms with Crippen molar-refractivity contribution in [2.75, 3.05) is 39.3 Å². The second kappa shape index (κ2) is 8.21. The van der Waals surface area contributed by atoms with Gasteiger partial charge in [0.15, 0.2) is 0 Å². The van der Waals surface area contributed by atoms with Crippen molar-refractivity contribution >= 4 is 15.3 Å². The van der Waals surface area contributed by atoms with E-state index < -0.39 is 6.10 Å². The van der Waals surface area contributed by atoms with Crippen LogP contribution < -0.4 is 4.74 Å². The van der Waals surface area contributed by atoms with Crippen LogP contribution in [0.15, 0.2) is 36.4 Å². The van der Waals surface area contributed by atoms with Crippen molar-refractivity contribution in [3.8, 4) is 11.5 Å². The molecule has 1 unspecified atom stereocenters. The summed E-state index contributed by atoms with van der Waals surface area (Å²) < 4.78 is 8.02. The van der Waals surface area contributed by atoms with Crippen LogP contribution in [-0.4, -0.2) is 70.0 Å². The van der Waals surface area contributed by atoms with Gasteiger partial charge in [0.2, 0.25) is 0 Å². The Morgan fingerprint density at radius 2 is 1.79 bits per heavy atom. The van der Waals surface area contributed by atoms with Crippen LogP contribution in [0.25, 0.3) is 10.8 Å². The maximum atomic E-state index is 10.3. The van der Waals surface area contributed by atoms with Crippen LogP contribution in [0.2, 0.25) is 0 Å². The molecule has 5 nitrogen and oxygen atoms in total. The predicted octanol–water partition coefficient (Wildman–Crippen LogP) is 1.21. The average molecular weight is 498 g/mol. The zero-order valence-corrected chi connectivity index (χ0v) is 16.4. The minimum atomic E-state index is -0.527. The molecule has 0 aliphatic carbocycles. The first-order valence-corrected chi connectivity index (χ1v) is 9.80. The third kappa shape index (κ3) is 4.22. The average Bonchev–Trinajstić information content (AvgIpc) is 2.62. The van der Waals surface area contributed by atoms with Crippen LogP contribution in [0.4, 0.5) is 0 Å². The number of aromatic hydroxyl groups is 1. The zero-order chi connectivity index (χ0) is 16.9. The van der Waals surface area contributed by atoms with E-state index >= 15 is 0 Å². The van der Waals surface area contributed by atoms with Crippen LogP contribution in [0.5, 0.6) is 11.5 Å². The van der Waals surface area contributed by atoms with Crippen LogP contribution in [0, 0.1) is 0 Å². The Hall–Kier alpha value is -1.26. The predicted molar refractivity (Wildman–Crippen MR) is 91.2 cm³/mol. The second-order valence-corrected chi connectivity index (χ2v) is 6.79. The van der Waals surface area contributed by atoms with Crippen LogP contribution in [-0.2, 0) is 19.4 Å². The number of phenolic OH excluding ortho intramolecular Hbond substituents is 1. The number of aliphatic hydroxyl groups is 1. The molecular weight excluding hydrogens is 476 g/mol. The van der Waals surface area contributed by atoms with Gasteiger partial charge in [-0.3, -0.25) is 0 Å². The topological polar surface area (TPSA) is 56.2 Å². The van der Waals surface area contributed by atoms with Crippen molar-refractivity contribution in [1.29, 1.82) is 0 Å². The Labute approximate surface area is 152 Å². The molecule has 0 bridgehead atoms. The number of aliphatic hydroxyl groups excluding tert-OH is 1. The maximum absolute atomic E-state index is 10.3. The van der Waals surface area contributed by atoms with Crippen molar-refractivity contribution in [2.24, 2.45) is 0 Å². The number of benzene rings is 2. The third-order valence-corrected chi connectivity index (χ3v) is 5.39. The van der Waals surface area contributed by atoms with Crippen LogP contribution in [0.3, 0.4) is 0 Å². The zero-order valence-electron chi connectivity index (χ0n) is 13.5. The molecule has 3 rings (SSSR count). The summed E-state index contributed by atoms with van der Waals surface area (Å²) in [6.07, 6.45) is -0.527. The molecule has 1 aliphatic rings. The van der Waals surface area contributed by atoms with Gasteiger partial charge >= 0.3 is 124 Å². The summed E-state index contributed by atoms with van der Waals surface area (Å²) in [4.78, 5) is 4.61. The molecule has 6 heteroatoms.